The normalized spacial score (nSPS) is 10.7. The van der Waals surface area contributed by atoms with Gasteiger partial charge in [-0.25, -0.2) is 4.68 Å². The Hall–Kier alpha value is -2.59. The monoisotopic (exact) mass is 307 g/mol. The smallest absolute Gasteiger partial charge is 0.119 e. The first-order chi connectivity index (χ1) is 11.3. The molecule has 0 atom stereocenters. The third kappa shape index (κ3) is 3.79. The summed E-state index contributed by atoms with van der Waals surface area (Å²) in [4.78, 5) is 0. The van der Waals surface area contributed by atoms with Crippen LogP contribution >= 0.6 is 0 Å². The molecule has 0 aliphatic heterocycles. The average Bonchev–Trinajstić information content (AvgIpc) is 3.10. The lowest BCUT2D eigenvalue weighted by Gasteiger charge is -2.10. The van der Waals surface area contributed by atoms with Crippen LogP contribution in [0.3, 0.4) is 0 Å². The summed E-state index contributed by atoms with van der Waals surface area (Å²) in [6.45, 7) is 3.19. The molecule has 0 amide bonds. The van der Waals surface area contributed by atoms with Gasteiger partial charge in [-0.1, -0.05) is 18.2 Å². The number of aromatic nitrogens is 2. The summed E-state index contributed by atoms with van der Waals surface area (Å²) in [5, 5.41) is 4.24. The van der Waals surface area contributed by atoms with Gasteiger partial charge in [0.25, 0.3) is 0 Å². The van der Waals surface area contributed by atoms with Crippen LogP contribution in [0, 0.1) is 6.92 Å². The molecule has 23 heavy (non-hydrogen) atoms. The fourth-order valence-corrected chi connectivity index (χ4v) is 2.54. The van der Waals surface area contributed by atoms with E-state index in [9.17, 15) is 0 Å². The average molecular weight is 307 g/mol. The molecular weight excluding hydrogens is 286 g/mol. The van der Waals surface area contributed by atoms with Gasteiger partial charge in [-0.2, -0.15) is 5.10 Å². The van der Waals surface area contributed by atoms with Crippen LogP contribution in [0.2, 0.25) is 0 Å². The second kappa shape index (κ2) is 7.11. The lowest BCUT2D eigenvalue weighted by atomic mass is 10.0. The minimum atomic E-state index is 0.531. The Morgan fingerprint density at radius 3 is 2.61 bits per heavy atom. The van der Waals surface area contributed by atoms with E-state index in [-0.39, 0.29) is 0 Å². The first kappa shape index (κ1) is 15.3. The molecule has 0 fully saturated rings. The van der Waals surface area contributed by atoms with E-state index in [2.05, 4.69) is 48.4 Å². The topological polar surface area (TPSA) is 53.1 Å². The molecule has 118 valence electrons. The molecule has 1 aromatic heterocycles. The maximum Gasteiger partial charge on any atom is 0.119 e. The highest BCUT2D eigenvalue weighted by Gasteiger charge is 2.04. The van der Waals surface area contributed by atoms with E-state index in [0.717, 1.165) is 17.9 Å². The van der Waals surface area contributed by atoms with Gasteiger partial charge in [-0.15, -0.1) is 0 Å². The number of aryl methyl sites for hydroxylation is 1. The van der Waals surface area contributed by atoms with Crippen molar-refractivity contribution in [2.45, 2.75) is 13.3 Å². The lowest BCUT2D eigenvalue weighted by Crippen LogP contribution is -2.10. The van der Waals surface area contributed by atoms with Gasteiger partial charge >= 0.3 is 0 Å². The molecule has 4 heteroatoms. The van der Waals surface area contributed by atoms with Gasteiger partial charge < -0.3 is 10.5 Å². The lowest BCUT2D eigenvalue weighted by molar-refractivity contribution is 0.328. The van der Waals surface area contributed by atoms with Crippen LogP contribution < -0.4 is 10.5 Å². The number of rotatable bonds is 6. The zero-order chi connectivity index (χ0) is 16.1. The van der Waals surface area contributed by atoms with Crippen molar-refractivity contribution in [3.8, 4) is 11.4 Å². The summed E-state index contributed by atoms with van der Waals surface area (Å²) < 4.78 is 7.42. The minimum absolute atomic E-state index is 0.531. The van der Waals surface area contributed by atoms with Crippen LogP contribution in [-0.2, 0) is 6.42 Å². The predicted molar refractivity (Wildman–Crippen MR) is 92.1 cm³/mol. The van der Waals surface area contributed by atoms with Crippen molar-refractivity contribution in [3.05, 3.63) is 77.6 Å². The fraction of sp³-hybridized carbons (Fsp3) is 0.211. The van der Waals surface area contributed by atoms with Crippen molar-refractivity contribution < 1.29 is 4.74 Å². The van der Waals surface area contributed by atoms with Gasteiger partial charge in [0.2, 0.25) is 0 Å². The quantitative estimate of drug-likeness (QED) is 0.761. The summed E-state index contributed by atoms with van der Waals surface area (Å²) in [5.41, 5.74) is 10.3. The second-order valence-electron chi connectivity index (χ2n) is 5.52. The van der Waals surface area contributed by atoms with E-state index < -0.39 is 0 Å². The Bertz CT molecular complexity index is 749. The minimum Gasteiger partial charge on any atom is -0.492 e. The molecular formula is C19H21N3O. The maximum atomic E-state index is 5.56. The molecule has 4 nitrogen and oxygen atoms in total. The Morgan fingerprint density at radius 1 is 1.13 bits per heavy atom. The van der Waals surface area contributed by atoms with Crippen molar-refractivity contribution in [2.75, 3.05) is 13.2 Å². The van der Waals surface area contributed by atoms with E-state index in [1.807, 2.05) is 23.0 Å². The molecule has 0 spiro atoms. The second-order valence-corrected chi connectivity index (χ2v) is 5.52. The number of hydrogen-bond acceptors (Lipinski definition) is 3. The molecule has 2 N–H and O–H groups in total. The van der Waals surface area contributed by atoms with Crippen molar-refractivity contribution in [3.63, 3.8) is 0 Å². The highest BCUT2D eigenvalue weighted by atomic mass is 16.5. The van der Waals surface area contributed by atoms with Crippen LogP contribution in [0.5, 0.6) is 5.75 Å². The Morgan fingerprint density at radius 2 is 1.96 bits per heavy atom. The van der Waals surface area contributed by atoms with Crippen LogP contribution in [0.15, 0.2) is 60.9 Å². The number of hydrogen-bond donors (Lipinski definition) is 1. The van der Waals surface area contributed by atoms with Gasteiger partial charge in [0.1, 0.15) is 12.4 Å². The van der Waals surface area contributed by atoms with Crippen LogP contribution in [0.1, 0.15) is 16.7 Å². The molecule has 0 saturated carbocycles. The van der Waals surface area contributed by atoms with Gasteiger partial charge in [0.05, 0.1) is 5.69 Å². The Balaban J connectivity index is 1.71. The molecule has 0 bridgehead atoms. The molecule has 0 unspecified atom stereocenters. The summed E-state index contributed by atoms with van der Waals surface area (Å²) in [5.74, 6) is 0.880. The van der Waals surface area contributed by atoms with Crippen molar-refractivity contribution in [1.82, 2.24) is 9.78 Å². The standard InChI is InChI=1S/C19H21N3O/c1-15-13-19(23-12-9-20)8-5-17(15)14-16-3-6-18(7-4-16)22-11-2-10-21-22/h2-8,10-11,13H,9,12,14,20H2,1H3. The van der Waals surface area contributed by atoms with Gasteiger partial charge in [0.15, 0.2) is 0 Å². The van der Waals surface area contributed by atoms with Gasteiger partial charge in [-0.3, -0.25) is 0 Å². The highest BCUT2D eigenvalue weighted by Crippen LogP contribution is 2.20. The number of nitrogens with two attached hydrogens (primary N) is 1. The SMILES string of the molecule is Cc1cc(OCCN)ccc1Cc1ccc(-n2cccn2)cc1. The summed E-state index contributed by atoms with van der Waals surface area (Å²) in [6.07, 6.45) is 4.63. The van der Waals surface area contributed by atoms with E-state index in [4.69, 9.17) is 10.5 Å². The van der Waals surface area contributed by atoms with Gasteiger partial charge in [-0.05, 0) is 60.4 Å². The first-order valence-corrected chi connectivity index (χ1v) is 7.77. The van der Waals surface area contributed by atoms with Crippen LogP contribution in [0.25, 0.3) is 5.69 Å². The summed E-state index contributed by atoms with van der Waals surface area (Å²) >= 11 is 0. The first-order valence-electron chi connectivity index (χ1n) is 7.77. The predicted octanol–water partition coefficient (Wildman–Crippen LogP) is 3.11. The highest BCUT2D eigenvalue weighted by molar-refractivity contribution is 5.40. The summed E-state index contributed by atoms with van der Waals surface area (Å²) in [6, 6.07) is 16.6. The van der Waals surface area contributed by atoms with Crippen molar-refractivity contribution in [2.24, 2.45) is 5.73 Å². The molecule has 3 aromatic rings. The molecule has 2 aromatic carbocycles. The van der Waals surface area contributed by atoms with Gasteiger partial charge in [0, 0.05) is 18.9 Å². The fourth-order valence-electron chi connectivity index (χ4n) is 2.54. The van der Waals surface area contributed by atoms with Crippen molar-refractivity contribution >= 4 is 0 Å². The zero-order valence-electron chi connectivity index (χ0n) is 13.3. The third-order valence-corrected chi connectivity index (χ3v) is 3.80. The maximum absolute atomic E-state index is 5.56. The molecule has 0 aliphatic carbocycles. The number of ether oxygens (including phenoxy) is 1. The van der Waals surface area contributed by atoms with E-state index in [1.165, 1.54) is 16.7 Å². The van der Waals surface area contributed by atoms with E-state index in [1.54, 1.807) is 6.20 Å². The Kier molecular flexibility index (Phi) is 4.74. The zero-order valence-corrected chi connectivity index (χ0v) is 13.3. The third-order valence-electron chi connectivity index (χ3n) is 3.80. The largest absolute Gasteiger partial charge is 0.492 e. The van der Waals surface area contributed by atoms with E-state index in [0.29, 0.717) is 13.2 Å². The molecule has 1 heterocycles. The summed E-state index contributed by atoms with van der Waals surface area (Å²) in [7, 11) is 0. The molecule has 0 radical (unpaired) electrons. The number of benzene rings is 2. The van der Waals surface area contributed by atoms with E-state index >= 15 is 0 Å². The van der Waals surface area contributed by atoms with Crippen molar-refractivity contribution in [1.29, 1.82) is 0 Å². The molecule has 0 aliphatic rings. The molecule has 0 saturated heterocycles. The molecule has 3 rings (SSSR count). The van der Waals surface area contributed by atoms with Crippen LogP contribution in [-0.4, -0.2) is 22.9 Å². The Labute approximate surface area is 136 Å². The number of nitrogens with zero attached hydrogens (tertiary/aromatic N) is 2. The van der Waals surface area contributed by atoms with Crippen LogP contribution in [0.4, 0.5) is 0 Å².